The van der Waals surface area contributed by atoms with E-state index in [-0.39, 0.29) is 11.7 Å². The lowest BCUT2D eigenvalue weighted by Crippen LogP contribution is -2.62. The molecule has 1 spiro atoms. The molecule has 0 atom stereocenters. The summed E-state index contributed by atoms with van der Waals surface area (Å²) >= 11 is 0. The van der Waals surface area contributed by atoms with Crippen molar-refractivity contribution in [1.82, 2.24) is 10.2 Å². The van der Waals surface area contributed by atoms with Gasteiger partial charge in [0, 0.05) is 18.5 Å². The number of piperidine rings is 1. The van der Waals surface area contributed by atoms with Crippen molar-refractivity contribution in [3.05, 3.63) is 0 Å². The Morgan fingerprint density at radius 1 is 1.35 bits per heavy atom. The maximum atomic E-state index is 11.9. The predicted molar refractivity (Wildman–Crippen MR) is 67.0 cm³/mol. The third kappa shape index (κ3) is 2.73. The minimum absolute atomic E-state index is 0.138. The Balaban J connectivity index is 1.81. The van der Waals surface area contributed by atoms with Gasteiger partial charge in [0.2, 0.25) is 0 Å². The number of amides is 1. The molecule has 1 N–H and O–H groups in total. The monoisotopic (exact) mass is 240 g/mol. The highest BCUT2D eigenvalue weighted by molar-refractivity contribution is 5.69. The molecule has 0 saturated carbocycles. The Morgan fingerprint density at radius 2 is 1.94 bits per heavy atom. The summed E-state index contributed by atoms with van der Waals surface area (Å²) in [6, 6.07) is 0. The second-order valence-electron chi connectivity index (χ2n) is 6.09. The zero-order valence-corrected chi connectivity index (χ0v) is 11.2. The summed E-state index contributed by atoms with van der Waals surface area (Å²) < 4.78 is 5.50. The smallest absolute Gasteiger partial charge is 0.410 e. The van der Waals surface area contributed by atoms with Crippen LogP contribution in [0.2, 0.25) is 0 Å². The SMILES string of the molecule is CCC(C)(C)OC(=O)N1CC2(CCNCC2)C1. The minimum atomic E-state index is -0.339. The summed E-state index contributed by atoms with van der Waals surface area (Å²) in [6.45, 7) is 9.90. The molecule has 0 radical (unpaired) electrons. The van der Waals surface area contributed by atoms with Gasteiger partial charge in [0.15, 0.2) is 0 Å². The number of nitrogens with one attached hydrogen (secondary N) is 1. The average Bonchev–Trinajstić information content (AvgIpc) is 2.26. The standard InChI is InChI=1S/C13H24N2O2/c1-4-12(2,3)17-11(16)15-9-13(10-15)5-7-14-8-6-13/h14H,4-10H2,1-3H3. The van der Waals surface area contributed by atoms with Gasteiger partial charge in [-0.25, -0.2) is 4.79 Å². The first-order valence-electron chi connectivity index (χ1n) is 6.65. The van der Waals surface area contributed by atoms with Gasteiger partial charge in [0.1, 0.15) is 5.60 Å². The molecule has 4 heteroatoms. The summed E-state index contributed by atoms with van der Waals surface area (Å²) in [5.74, 6) is 0. The fraction of sp³-hybridized carbons (Fsp3) is 0.923. The molecule has 0 aromatic rings. The van der Waals surface area contributed by atoms with Crippen LogP contribution < -0.4 is 5.32 Å². The van der Waals surface area contributed by atoms with E-state index in [1.54, 1.807) is 0 Å². The Morgan fingerprint density at radius 3 is 2.47 bits per heavy atom. The van der Waals surface area contributed by atoms with Gasteiger partial charge in [-0.3, -0.25) is 0 Å². The van der Waals surface area contributed by atoms with Gasteiger partial charge in [0.25, 0.3) is 0 Å². The van der Waals surface area contributed by atoms with Crippen molar-refractivity contribution in [3.8, 4) is 0 Å². The molecule has 4 nitrogen and oxygen atoms in total. The van der Waals surface area contributed by atoms with Crippen LogP contribution in [0.5, 0.6) is 0 Å². The summed E-state index contributed by atoms with van der Waals surface area (Å²) in [6.07, 6.45) is 3.09. The Labute approximate surface area is 104 Å². The molecule has 2 heterocycles. The van der Waals surface area contributed by atoms with Gasteiger partial charge in [-0.2, -0.15) is 0 Å². The number of nitrogens with zero attached hydrogens (tertiary/aromatic N) is 1. The van der Waals surface area contributed by atoms with Crippen LogP contribution in [-0.2, 0) is 4.74 Å². The van der Waals surface area contributed by atoms with Gasteiger partial charge in [-0.1, -0.05) is 6.92 Å². The van der Waals surface area contributed by atoms with E-state index in [0.717, 1.165) is 32.6 Å². The molecule has 0 aliphatic carbocycles. The van der Waals surface area contributed by atoms with Crippen LogP contribution >= 0.6 is 0 Å². The van der Waals surface area contributed by atoms with Crippen LogP contribution in [0.1, 0.15) is 40.0 Å². The number of carbonyl (C=O) groups excluding carboxylic acids is 1. The molecule has 17 heavy (non-hydrogen) atoms. The first-order valence-corrected chi connectivity index (χ1v) is 6.65. The largest absolute Gasteiger partial charge is 0.443 e. The van der Waals surface area contributed by atoms with Crippen molar-refractivity contribution in [3.63, 3.8) is 0 Å². The second kappa shape index (κ2) is 4.48. The zero-order chi connectivity index (χ0) is 12.5. The number of ether oxygens (including phenoxy) is 1. The van der Waals surface area contributed by atoms with Crippen molar-refractivity contribution >= 4 is 6.09 Å². The highest BCUT2D eigenvalue weighted by Crippen LogP contribution is 2.39. The van der Waals surface area contributed by atoms with Crippen molar-refractivity contribution < 1.29 is 9.53 Å². The molecule has 2 aliphatic heterocycles. The van der Waals surface area contributed by atoms with E-state index >= 15 is 0 Å². The van der Waals surface area contributed by atoms with Crippen molar-refractivity contribution in [2.75, 3.05) is 26.2 Å². The molecule has 2 fully saturated rings. The summed E-state index contributed by atoms with van der Waals surface area (Å²) in [7, 11) is 0. The Kier molecular flexibility index (Phi) is 3.34. The molecule has 0 unspecified atom stereocenters. The number of hydrogen-bond donors (Lipinski definition) is 1. The van der Waals surface area contributed by atoms with E-state index in [9.17, 15) is 4.79 Å². The lowest BCUT2D eigenvalue weighted by atomic mass is 9.73. The normalized spacial score (nSPS) is 23.4. The highest BCUT2D eigenvalue weighted by atomic mass is 16.6. The zero-order valence-electron chi connectivity index (χ0n) is 11.2. The maximum Gasteiger partial charge on any atom is 0.410 e. The fourth-order valence-electron chi connectivity index (χ4n) is 2.54. The van der Waals surface area contributed by atoms with Gasteiger partial charge in [-0.05, 0) is 46.2 Å². The number of carbonyl (C=O) groups is 1. The first-order chi connectivity index (χ1) is 7.96. The van der Waals surface area contributed by atoms with Crippen molar-refractivity contribution in [2.24, 2.45) is 5.41 Å². The summed E-state index contributed by atoms with van der Waals surface area (Å²) in [4.78, 5) is 13.8. The molecule has 98 valence electrons. The second-order valence-corrected chi connectivity index (χ2v) is 6.09. The fourth-order valence-corrected chi connectivity index (χ4v) is 2.54. The van der Waals surface area contributed by atoms with E-state index < -0.39 is 0 Å². The third-order valence-electron chi connectivity index (χ3n) is 4.19. The minimum Gasteiger partial charge on any atom is -0.443 e. The summed E-state index contributed by atoms with van der Waals surface area (Å²) in [5, 5.41) is 3.36. The highest BCUT2D eigenvalue weighted by Gasteiger charge is 2.46. The summed E-state index contributed by atoms with van der Waals surface area (Å²) in [5.41, 5.74) is 0.0502. The van der Waals surface area contributed by atoms with Crippen LogP contribution in [0.3, 0.4) is 0 Å². The van der Waals surface area contributed by atoms with Gasteiger partial charge in [0.05, 0.1) is 0 Å². The van der Waals surface area contributed by atoms with E-state index in [4.69, 9.17) is 4.74 Å². The Hall–Kier alpha value is -0.770. The first kappa shape index (κ1) is 12.7. The van der Waals surface area contributed by atoms with Crippen LogP contribution in [0.25, 0.3) is 0 Å². The van der Waals surface area contributed by atoms with Crippen LogP contribution in [0, 0.1) is 5.41 Å². The van der Waals surface area contributed by atoms with Crippen LogP contribution in [0.4, 0.5) is 4.79 Å². The maximum absolute atomic E-state index is 11.9. The van der Waals surface area contributed by atoms with Crippen molar-refractivity contribution in [1.29, 1.82) is 0 Å². The lowest BCUT2D eigenvalue weighted by Gasteiger charge is -2.52. The number of hydrogen-bond acceptors (Lipinski definition) is 3. The third-order valence-corrected chi connectivity index (χ3v) is 4.19. The lowest BCUT2D eigenvalue weighted by molar-refractivity contribution is -0.0510. The van der Waals surface area contributed by atoms with Gasteiger partial charge in [-0.15, -0.1) is 0 Å². The quantitative estimate of drug-likeness (QED) is 0.802. The van der Waals surface area contributed by atoms with E-state index in [1.165, 1.54) is 12.8 Å². The van der Waals surface area contributed by atoms with Crippen LogP contribution in [0.15, 0.2) is 0 Å². The molecule has 2 saturated heterocycles. The molecule has 2 rings (SSSR count). The van der Waals surface area contributed by atoms with E-state index in [2.05, 4.69) is 5.32 Å². The molecule has 0 bridgehead atoms. The predicted octanol–water partition coefficient (Wildman–Crippen LogP) is 2.00. The number of likely N-dealkylation sites (tertiary alicyclic amines) is 1. The Bertz CT molecular complexity index is 288. The van der Waals surface area contributed by atoms with Gasteiger partial charge < -0.3 is 15.0 Å². The topological polar surface area (TPSA) is 41.6 Å². The van der Waals surface area contributed by atoms with Crippen LogP contribution in [-0.4, -0.2) is 42.8 Å². The molecular weight excluding hydrogens is 216 g/mol. The molecule has 1 amide bonds. The molecule has 0 aromatic carbocycles. The molecular formula is C13H24N2O2. The number of rotatable bonds is 2. The van der Waals surface area contributed by atoms with E-state index in [0.29, 0.717) is 5.41 Å². The van der Waals surface area contributed by atoms with Crippen molar-refractivity contribution in [2.45, 2.75) is 45.6 Å². The van der Waals surface area contributed by atoms with Gasteiger partial charge >= 0.3 is 6.09 Å². The average molecular weight is 240 g/mol. The molecule has 2 aliphatic rings. The van der Waals surface area contributed by atoms with E-state index in [1.807, 2.05) is 25.7 Å². The molecule has 0 aromatic heterocycles.